The highest BCUT2D eigenvalue weighted by Gasteiger charge is 2.25. The summed E-state index contributed by atoms with van der Waals surface area (Å²) in [4.78, 5) is 14.7. The minimum absolute atomic E-state index is 0.0549. The fourth-order valence-electron chi connectivity index (χ4n) is 3.92. The summed E-state index contributed by atoms with van der Waals surface area (Å²) in [6.45, 7) is 6.62. The first kappa shape index (κ1) is 16.7. The van der Waals surface area contributed by atoms with Gasteiger partial charge in [-0.3, -0.25) is 4.79 Å². The zero-order valence-electron chi connectivity index (χ0n) is 15.4. The highest BCUT2D eigenvalue weighted by atomic mass is 16.2. The molecule has 4 rings (SSSR count). The molecule has 2 N–H and O–H groups in total. The molecule has 0 aliphatic carbocycles. The molecule has 0 aromatic heterocycles. The van der Waals surface area contributed by atoms with Crippen molar-refractivity contribution in [2.45, 2.75) is 26.7 Å². The molecule has 26 heavy (non-hydrogen) atoms. The lowest BCUT2D eigenvalue weighted by molar-refractivity contribution is -0.110. The Labute approximate surface area is 154 Å². The van der Waals surface area contributed by atoms with Crippen LogP contribution in [0.25, 0.3) is 5.57 Å². The lowest BCUT2D eigenvalue weighted by atomic mass is 10.00. The van der Waals surface area contributed by atoms with E-state index in [0.717, 1.165) is 41.5 Å². The third-order valence-corrected chi connectivity index (χ3v) is 5.31. The number of nitrogens with zero attached hydrogens (tertiary/aromatic N) is 1. The van der Waals surface area contributed by atoms with Crippen LogP contribution in [0.15, 0.2) is 48.7 Å². The molecule has 2 aromatic rings. The monoisotopic (exact) mass is 347 g/mol. The molecule has 134 valence electrons. The average molecular weight is 347 g/mol. The van der Waals surface area contributed by atoms with Crippen LogP contribution < -0.4 is 15.5 Å². The number of nitrogens with one attached hydrogen (secondary N) is 2. The number of fused-ring (bicyclic) bond motifs is 1. The van der Waals surface area contributed by atoms with Crippen LogP contribution >= 0.6 is 0 Å². The number of amides is 1. The topological polar surface area (TPSA) is 44.4 Å². The Hall–Kier alpha value is -2.75. The van der Waals surface area contributed by atoms with Crippen molar-refractivity contribution >= 4 is 28.5 Å². The fraction of sp³-hybridized carbons (Fsp3) is 0.318. The molecule has 1 amide bonds. The Bertz CT molecular complexity index is 854. The average Bonchev–Trinajstić information content (AvgIpc) is 2.97. The van der Waals surface area contributed by atoms with Crippen LogP contribution in [0.5, 0.6) is 0 Å². The van der Waals surface area contributed by atoms with Gasteiger partial charge < -0.3 is 15.5 Å². The smallest absolute Gasteiger partial charge is 0.257 e. The minimum atomic E-state index is -0.0549. The molecule has 1 unspecified atom stereocenters. The first-order valence-electron chi connectivity index (χ1n) is 9.35. The van der Waals surface area contributed by atoms with Gasteiger partial charge in [-0.1, -0.05) is 19.1 Å². The van der Waals surface area contributed by atoms with E-state index in [-0.39, 0.29) is 5.91 Å². The molecular formula is C22H25N3O. The first-order valence-corrected chi connectivity index (χ1v) is 9.35. The number of carbonyl (C=O) groups is 1. The lowest BCUT2D eigenvalue weighted by Gasteiger charge is -2.32. The summed E-state index contributed by atoms with van der Waals surface area (Å²) in [5.41, 5.74) is 5.92. The summed E-state index contributed by atoms with van der Waals surface area (Å²) in [5.74, 6) is 0.705. The van der Waals surface area contributed by atoms with Gasteiger partial charge in [0.25, 0.3) is 5.91 Å². The molecule has 4 nitrogen and oxygen atoms in total. The summed E-state index contributed by atoms with van der Waals surface area (Å²) < 4.78 is 0. The zero-order chi connectivity index (χ0) is 18.1. The van der Waals surface area contributed by atoms with Crippen LogP contribution in [-0.4, -0.2) is 19.0 Å². The van der Waals surface area contributed by atoms with Gasteiger partial charge in [0.15, 0.2) is 0 Å². The summed E-state index contributed by atoms with van der Waals surface area (Å²) in [5, 5.41) is 6.21. The second kappa shape index (κ2) is 6.87. The van der Waals surface area contributed by atoms with E-state index in [1.165, 1.54) is 18.5 Å². The SMILES string of the molecule is Cc1cccc2c1C(=CNc1ccc(N3CCCC(C)C3)cc1)C(=O)N2. The molecule has 0 bridgehead atoms. The Morgan fingerprint density at radius 2 is 2.00 bits per heavy atom. The number of aryl methyl sites for hydroxylation is 1. The van der Waals surface area contributed by atoms with Gasteiger partial charge in [-0.15, -0.1) is 0 Å². The molecule has 2 aliphatic rings. The van der Waals surface area contributed by atoms with E-state index < -0.39 is 0 Å². The zero-order valence-corrected chi connectivity index (χ0v) is 15.4. The second-order valence-electron chi connectivity index (χ2n) is 7.39. The van der Waals surface area contributed by atoms with Gasteiger partial charge in [0.05, 0.1) is 5.57 Å². The van der Waals surface area contributed by atoms with Gasteiger partial charge >= 0.3 is 0 Å². The van der Waals surface area contributed by atoms with Gasteiger partial charge in [-0.05, 0) is 61.6 Å². The van der Waals surface area contributed by atoms with Gasteiger partial charge in [0, 0.05) is 41.9 Å². The van der Waals surface area contributed by atoms with Crippen molar-refractivity contribution in [3.8, 4) is 0 Å². The predicted molar refractivity (Wildman–Crippen MR) is 108 cm³/mol. The van der Waals surface area contributed by atoms with Crippen molar-refractivity contribution in [1.82, 2.24) is 0 Å². The molecule has 0 spiro atoms. The molecule has 2 heterocycles. The minimum Gasteiger partial charge on any atom is -0.371 e. The van der Waals surface area contributed by atoms with E-state index in [1.807, 2.05) is 31.3 Å². The van der Waals surface area contributed by atoms with Crippen molar-refractivity contribution in [3.63, 3.8) is 0 Å². The molecule has 1 fully saturated rings. The van der Waals surface area contributed by atoms with E-state index in [2.05, 4.69) is 46.7 Å². The van der Waals surface area contributed by atoms with Crippen LogP contribution in [0.1, 0.15) is 30.9 Å². The maximum absolute atomic E-state index is 12.3. The first-order chi connectivity index (χ1) is 12.6. The molecule has 4 heteroatoms. The molecule has 0 saturated carbocycles. The molecular weight excluding hydrogens is 322 g/mol. The number of hydrogen-bond donors (Lipinski definition) is 2. The highest BCUT2D eigenvalue weighted by molar-refractivity contribution is 6.32. The summed E-state index contributed by atoms with van der Waals surface area (Å²) in [7, 11) is 0. The molecule has 0 radical (unpaired) electrons. The summed E-state index contributed by atoms with van der Waals surface area (Å²) in [6.07, 6.45) is 4.40. The third kappa shape index (κ3) is 3.19. The molecule has 2 aromatic carbocycles. The molecule has 1 saturated heterocycles. The Morgan fingerprint density at radius 1 is 1.19 bits per heavy atom. The number of carbonyl (C=O) groups excluding carboxylic acids is 1. The summed E-state index contributed by atoms with van der Waals surface area (Å²) >= 11 is 0. The van der Waals surface area contributed by atoms with Gasteiger partial charge in [-0.2, -0.15) is 0 Å². The summed E-state index contributed by atoms with van der Waals surface area (Å²) in [6, 6.07) is 14.4. The van der Waals surface area contributed by atoms with Crippen molar-refractivity contribution < 1.29 is 4.79 Å². The predicted octanol–water partition coefficient (Wildman–Crippen LogP) is 4.64. The Kier molecular flexibility index (Phi) is 4.41. The fourth-order valence-corrected chi connectivity index (χ4v) is 3.92. The molecule has 1 atom stereocenters. The van der Waals surface area contributed by atoms with E-state index >= 15 is 0 Å². The Morgan fingerprint density at radius 3 is 2.77 bits per heavy atom. The second-order valence-corrected chi connectivity index (χ2v) is 7.39. The number of hydrogen-bond acceptors (Lipinski definition) is 3. The highest BCUT2D eigenvalue weighted by Crippen LogP contribution is 2.34. The van der Waals surface area contributed by atoms with Crippen LogP contribution in [0, 0.1) is 12.8 Å². The van der Waals surface area contributed by atoms with Crippen LogP contribution in [0.4, 0.5) is 17.1 Å². The molecule has 2 aliphatic heterocycles. The van der Waals surface area contributed by atoms with E-state index in [0.29, 0.717) is 5.57 Å². The number of rotatable bonds is 3. The van der Waals surface area contributed by atoms with E-state index in [9.17, 15) is 4.79 Å². The standard InChI is InChI=1S/C22H25N3O/c1-15-5-4-12-25(14-15)18-10-8-17(9-11-18)23-13-19-21-16(2)6-3-7-20(21)24-22(19)26/h3,6-11,13,15,23H,4-5,12,14H2,1-2H3,(H,24,26). The maximum atomic E-state index is 12.3. The van der Waals surface area contributed by atoms with E-state index in [4.69, 9.17) is 0 Å². The number of benzene rings is 2. The lowest BCUT2D eigenvalue weighted by Crippen LogP contribution is -2.34. The van der Waals surface area contributed by atoms with Crippen molar-refractivity contribution in [2.24, 2.45) is 5.92 Å². The van der Waals surface area contributed by atoms with E-state index in [1.54, 1.807) is 0 Å². The third-order valence-electron chi connectivity index (χ3n) is 5.31. The van der Waals surface area contributed by atoms with Crippen LogP contribution in [0.3, 0.4) is 0 Å². The van der Waals surface area contributed by atoms with Gasteiger partial charge in [-0.25, -0.2) is 0 Å². The van der Waals surface area contributed by atoms with Crippen molar-refractivity contribution in [3.05, 3.63) is 59.8 Å². The number of anilines is 3. The quantitative estimate of drug-likeness (QED) is 0.795. The van der Waals surface area contributed by atoms with Gasteiger partial charge in [0.1, 0.15) is 0 Å². The van der Waals surface area contributed by atoms with Crippen molar-refractivity contribution in [2.75, 3.05) is 28.6 Å². The van der Waals surface area contributed by atoms with Gasteiger partial charge in [0.2, 0.25) is 0 Å². The Balaban J connectivity index is 1.50. The largest absolute Gasteiger partial charge is 0.371 e. The van der Waals surface area contributed by atoms with Crippen LogP contribution in [0.2, 0.25) is 0 Å². The number of piperidine rings is 1. The van der Waals surface area contributed by atoms with Crippen molar-refractivity contribution in [1.29, 1.82) is 0 Å². The maximum Gasteiger partial charge on any atom is 0.257 e. The van der Waals surface area contributed by atoms with Crippen LogP contribution in [-0.2, 0) is 4.79 Å². The normalized spacial score (nSPS) is 20.8.